The Balaban J connectivity index is 2.14. The lowest BCUT2D eigenvalue weighted by Crippen LogP contribution is -2.10. The summed E-state index contributed by atoms with van der Waals surface area (Å²) in [6.07, 6.45) is 2.68. The number of rotatable bonds is 4. The molecule has 1 heterocycles. The Kier molecular flexibility index (Phi) is 3.98. The third kappa shape index (κ3) is 3.32. The van der Waals surface area contributed by atoms with Crippen molar-refractivity contribution in [1.29, 1.82) is 0 Å². The van der Waals surface area contributed by atoms with Gasteiger partial charge >= 0.3 is 5.97 Å². The smallest absolute Gasteiger partial charge is 0.356 e. The molecule has 104 valence electrons. The van der Waals surface area contributed by atoms with Crippen molar-refractivity contribution in [3.8, 4) is 0 Å². The fourth-order valence-electron chi connectivity index (χ4n) is 2.08. The van der Waals surface area contributed by atoms with E-state index in [9.17, 15) is 4.79 Å². The molecule has 2 aromatic rings. The molecule has 1 aromatic carbocycles. The average Bonchev–Trinajstić information content (AvgIpc) is 2.38. The summed E-state index contributed by atoms with van der Waals surface area (Å²) in [5.41, 5.74) is 3.52. The molecule has 1 unspecified atom stereocenters. The van der Waals surface area contributed by atoms with Crippen molar-refractivity contribution in [3.05, 3.63) is 53.0 Å². The van der Waals surface area contributed by atoms with Crippen LogP contribution in [0.2, 0.25) is 0 Å². The number of aryl methyl sites for hydroxylation is 2. The third-order valence-electron chi connectivity index (χ3n) is 2.98. The van der Waals surface area contributed by atoms with Gasteiger partial charge in [-0.2, -0.15) is 0 Å². The van der Waals surface area contributed by atoms with Gasteiger partial charge in [-0.3, -0.25) is 0 Å². The van der Waals surface area contributed by atoms with E-state index >= 15 is 0 Å². The van der Waals surface area contributed by atoms with Crippen molar-refractivity contribution in [2.75, 3.05) is 5.32 Å². The van der Waals surface area contributed by atoms with E-state index in [1.807, 2.05) is 6.92 Å². The molecule has 0 aliphatic heterocycles. The van der Waals surface area contributed by atoms with Gasteiger partial charge in [0.25, 0.3) is 0 Å². The van der Waals surface area contributed by atoms with Crippen molar-refractivity contribution < 1.29 is 9.90 Å². The molecule has 0 amide bonds. The van der Waals surface area contributed by atoms with Crippen LogP contribution in [-0.4, -0.2) is 21.0 Å². The Morgan fingerprint density at radius 1 is 1.15 bits per heavy atom. The van der Waals surface area contributed by atoms with E-state index in [-0.39, 0.29) is 11.7 Å². The zero-order valence-electron chi connectivity index (χ0n) is 11.7. The highest BCUT2D eigenvalue weighted by Crippen LogP contribution is 2.20. The predicted molar refractivity (Wildman–Crippen MR) is 76.9 cm³/mol. The highest BCUT2D eigenvalue weighted by molar-refractivity contribution is 5.84. The lowest BCUT2D eigenvalue weighted by Gasteiger charge is -2.16. The predicted octanol–water partition coefficient (Wildman–Crippen LogP) is 2.96. The Morgan fingerprint density at radius 2 is 1.80 bits per heavy atom. The monoisotopic (exact) mass is 271 g/mol. The van der Waals surface area contributed by atoms with Crippen LogP contribution in [0.4, 0.5) is 5.82 Å². The van der Waals surface area contributed by atoms with Gasteiger partial charge in [0.1, 0.15) is 5.82 Å². The van der Waals surface area contributed by atoms with E-state index in [4.69, 9.17) is 5.11 Å². The molecule has 0 radical (unpaired) electrons. The van der Waals surface area contributed by atoms with Gasteiger partial charge in [-0.05, 0) is 26.3 Å². The second kappa shape index (κ2) is 5.69. The average molecular weight is 271 g/mol. The van der Waals surface area contributed by atoms with Gasteiger partial charge in [0.15, 0.2) is 5.69 Å². The van der Waals surface area contributed by atoms with Crippen molar-refractivity contribution in [3.63, 3.8) is 0 Å². The van der Waals surface area contributed by atoms with Crippen LogP contribution in [0, 0.1) is 13.8 Å². The summed E-state index contributed by atoms with van der Waals surface area (Å²) in [6, 6.07) is 6.42. The van der Waals surface area contributed by atoms with Crippen molar-refractivity contribution in [1.82, 2.24) is 9.97 Å². The number of carboxylic acid groups (broad SMARTS) is 1. The quantitative estimate of drug-likeness (QED) is 0.894. The molecule has 0 aliphatic rings. The fraction of sp³-hybridized carbons (Fsp3) is 0.267. The van der Waals surface area contributed by atoms with Gasteiger partial charge in [-0.15, -0.1) is 0 Å². The number of nitrogens with one attached hydrogen (secondary N) is 1. The number of anilines is 1. The van der Waals surface area contributed by atoms with E-state index in [1.54, 1.807) is 0 Å². The van der Waals surface area contributed by atoms with Gasteiger partial charge in [-0.25, -0.2) is 14.8 Å². The largest absolute Gasteiger partial charge is 0.476 e. The molecular formula is C15H17N3O2. The van der Waals surface area contributed by atoms with Crippen LogP contribution in [0.5, 0.6) is 0 Å². The number of hydrogen-bond donors (Lipinski definition) is 2. The van der Waals surface area contributed by atoms with E-state index in [2.05, 4.69) is 47.3 Å². The maximum Gasteiger partial charge on any atom is 0.356 e. The van der Waals surface area contributed by atoms with E-state index in [0.29, 0.717) is 5.82 Å². The van der Waals surface area contributed by atoms with Crippen molar-refractivity contribution >= 4 is 11.8 Å². The molecule has 0 saturated heterocycles. The minimum atomic E-state index is -1.08. The van der Waals surface area contributed by atoms with E-state index in [0.717, 1.165) is 5.56 Å². The van der Waals surface area contributed by atoms with Gasteiger partial charge in [0.05, 0.1) is 18.4 Å². The van der Waals surface area contributed by atoms with Crippen LogP contribution < -0.4 is 5.32 Å². The van der Waals surface area contributed by atoms with Crippen LogP contribution in [0.15, 0.2) is 30.6 Å². The van der Waals surface area contributed by atoms with Gasteiger partial charge in [0, 0.05) is 0 Å². The molecule has 20 heavy (non-hydrogen) atoms. The summed E-state index contributed by atoms with van der Waals surface area (Å²) < 4.78 is 0. The Morgan fingerprint density at radius 3 is 2.30 bits per heavy atom. The molecule has 0 fully saturated rings. The summed E-state index contributed by atoms with van der Waals surface area (Å²) in [5, 5.41) is 12.0. The standard InChI is InChI=1S/C15H17N3O2/c1-9-4-10(2)6-12(5-9)11(3)18-14-8-16-13(7-17-14)15(19)20/h4-8,11H,1-3H3,(H,17,18)(H,19,20). The minimum Gasteiger partial charge on any atom is -0.476 e. The minimum absolute atomic E-state index is 0.0606. The van der Waals surface area contributed by atoms with Crippen LogP contribution in [0.1, 0.15) is 40.1 Å². The summed E-state index contributed by atoms with van der Waals surface area (Å²) in [7, 11) is 0. The van der Waals surface area contributed by atoms with Crippen LogP contribution >= 0.6 is 0 Å². The zero-order chi connectivity index (χ0) is 14.7. The number of nitrogens with zero attached hydrogens (tertiary/aromatic N) is 2. The SMILES string of the molecule is Cc1cc(C)cc(C(C)Nc2cnc(C(=O)O)cn2)c1. The Bertz CT molecular complexity index is 603. The maximum atomic E-state index is 10.7. The zero-order valence-corrected chi connectivity index (χ0v) is 11.7. The first-order valence-corrected chi connectivity index (χ1v) is 6.36. The van der Waals surface area contributed by atoms with E-state index in [1.165, 1.54) is 23.5 Å². The molecule has 1 aromatic heterocycles. The number of hydrogen-bond acceptors (Lipinski definition) is 4. The van der Waals surface area contributed by atoms with Crippen molar-refractivity contribution in [2.45, 2.75) is 26.8 Å². The molecule has 2 N–H and O–H groups in total. The number of aromatic carboxylic acids is 1. The molecular weight excluding hydrogens is 254 g/mol. The van der Waals surface area contributed by atoms with E-state index < -0.39 is 5.97 Å². The first-order valence-electron chi connectivity index (χ1n) is 6.36. The van der Waals surface area contributed by atoms with Crippen LogP contribution in [0.3, 0.4) is 0 Å². The highest BCUT2D eigenvalue weighted by Gasteiger charge is 2.09. The summed E-state index contributed by atoms with van der Waals surface area (Å²) >= 11 is 0. The van der Waals surface area contributed by atoms with Gasteiger partial charge in [-0.1, -0.05) is 29.3 Å². The Hall–Kier alpha value is -2.43. The lowest BCUT2D eigenvalue weighted by atomic mass is 10.0. The highest BCUT2D eigenvalue weighted by atomic mass is 16.4. The number of carboxylic acids is 1. The Labute approximate surface area is 117 Å². The number of aromatic nitrogens is 2. The van der Waals surface area contributed by atoms with Crippen LogP contribution in [-0.2, 0) is 0 Å². The lowest BCUT2D eigenvalue weighted by molar-refractivity contribution is 0.0690. The van der Waals surface area contributed by atoms with Gasteiger partial charge < -0.3 is 10.4 Å². The second-order valence-corrected chi connectivity index (χ2v) is 4.88. The molecule has 5 nitrogen and oxygen atoms in total. The van der Waals surface area contributed by atoms with Crippen LogP contribution in [0.25, 0.3) is 0 Å². The number of benzene rings is 1. The molecule has 2 rings (SSSR count). The molecule has 0 bridgehead atoms. The third-order valence-corrected chi connectivity index (χ3v) is 2.98. The van der Waals surface area contributed by atoms with Crippen molar-refractivity contribution in [2.24, 2.45) is 0 Å². The maximum absolute atomic E-state index is 10.7. The topological polar surface area (TPSA) is 75.1 Å². The molecule has 1 atom stereocenters. The van der Waals surface area contributed by atoms with Gasteiger partial charge in [0.2, 0.25) is 0 Å². The number of carbonyl (C=O) groups is 1. The summed E-state index contributed by atoms with van der Waals surface area (Å²) in [5.74, 6) is -0.520. The summed E-state index contributed by atoms with van der Waals surface area (Å²) in [6.45, 7) is 6.15. The summed E-state index contributed by atoms with van der Waals surface area (Å²) in [4.78, 5) is 18.6. The molecule has 0 aliphatic carbocycles. The second-order valence-electron chi connectivity index (χ2n) is 4.88. The molecule has 5 heteroatoms. The first-order chi connectivity index (χ1) is 9.45. The molecule has 0 saturated carbocycles. The normalized spacial score (nSPS) is 11.9. The first kappa shape index (κ1) is 14.0. The molecule has 0 spiro atoms. The fourth-order valence-corrected chi connectivity index (χ4v) is 2.08.